The number of imidazole rings is 1. The first-order valence-electron chi connectivity index (χ1n) is 10.0. The maximum absolute atomic E-state index is 12.2. The number of benzene rings is 1. The number of nitrogens with zero attached hydrogens (tertiary/aromatic N) is 4. The number of ether oxygens (including phenoxy) is 1. The van der Waals surface area contributed by atoms with Crippen molar-refractivity contribution in [2.24, 2.45) is 10.9 Å². The zero-order valence-electron chi connectivity index (χ0n) is 17.3. The Morgan fingerprint density at radius 2 is 2.13 bits per heavy atom. The maximum atomic E-state index is 12.2. The number of rotatable bonds is 6. The van der Waals surface area contributed by atoms with Crippen LogP contribution in [-0.2, 0) is 17.9 Å². The summed E-state index contributed by atoms with van der Waals surface area (Å²) in [6.07, 6.45) is 2.38. The molecule has 1 aliphatic heterocycles. The number of likely N-dealkylation sites (tertiary alicyclic amines) is 1. The predicted octanol–water partition coefficient (Wildman–Crippen LogP) is 3.62. The van der Waals surface area contributed by atoms with E-state index in [0.717, 1.165) is 31.0 Å². The number of nitrogens with one attached hydrogen (secondary N) is 1. The smallest absolute Gasteiger partial charge is 0.367 e. The van der Waals surface area contributed by atoms with Gasteiger partial charge in [-0.15, -0.1) is 0 Å². The van der Waals surface area contributed by atoms with E-state index in [1.165, 1.54) is 0 Å². The van der Waals surface area contributed by atoms with E-state index in [0.29, 0.717) is 24.1 Å². The van der Waals surface area contributed by atoms with Crippen LogP contribution in [0.25, 0.3) is 0 Å². The predicted molar refractivity (Wildman–Crippen MR) is 109 cm³/mol. The third-order valence-electron chi connectivity index (χ3n) is 5.31. The van der Waals surface area contributed by atoms with E-state index in [2.05, 4.69) is 31.7 Å². The van der Waals surface area contributed by atoms with Gasteiger partial charge in [-0.3, -0.25) is 4.99 Å². The second-order valence-corrected chi connectivity index (χ2v) is 7.62. The van der Waals surface area contributed by atoms with Crippen molar-refractivity contribution < 1.29 is 17.9 Å². The van der Waals surface area contributed by atoms with E-state index >= 15 is 0 Å². The third kappa shape index (κ3) is 6.22. The van der Waals surface area contributed by atoms with Gasteiger partial charge in [0.05, 0.1) is 19.0 Å². The highest BCUT2D eigenvalue weighted by Crippen LogP contribution is 2.27. The molecule has 2 aromatic rings. The number of hydrogen-bond acceptors (Lipinski definition) is 3. The van der Waals surface area contributed by atoms with Gasteiger partial charge in [-0.2, -0.15) is 13.2 Å². The van der Waals surface area contributed by atoms with E-state index in [1.807, 2.05) is 30.7 Å². The van der Waals surface area contributed by atoms with Gasteiger partial charge in [0.1, 0.15) is 6.61 Å². The summed E-state index contributed by atoms with van der Waals surface area (Å²) in [5.41, 5.74) is 1.67. The Bertz CT molecular complexity index is 822. The van der Waals surface area contributed by atoms with E-state index in [-0.39, 0.29) is 6.61 Å². The summed E-state index contributed by atoms with van der Waals surface area (Å²) in [4.78, 5) is 10.8. The van der Waals surface area contributed by atoms with E-state index in [9.17, 15) is 13.2 Å². The summed E-state index contributed by atoms with van der Waals surface area (Å²) < 4.78 is 43.6. The molecule has 1 aromatic heterocycles. The molecule has 2 atom stereocenters. The van der Waals surface area contributed by atoms with Crippen LogP contribution in [-0.4, -0.2) is 53.3 Å². The highest BCUT2D eigenvalue weighted by Gasteiger charge is 2.29. The monoisotopic (exact) mass is 423 g/mol. The molecule has 6 nitrogen and oxygen atoms in total. The summed E-state index contributed by atoms with van der Waals surface area (Å²) >= 11 is 0. The molecule has 9 heteroatoms. The molecule has 0 aliphatic carbocycles. The molecule has 1 saturated heterocycles. The van der Waals surface area contributed by atoms with Crippen molar-refractivity contribution in [1.29, 1.82) is 0 Å². The van der Waals surface area contributed by atoms with Gasteiger partial charge in [0, 0.05) is 39.1 Å². The first-order valence-corrected chi connectivity index (χ1v) is 10.0. The molecule has 3 rings (SSSR count). The number of piperidine rings is 1. The average molecular weight is 423 g/mol. The van der Waals surface area contributed by atoms with Crippen molar-refractivity contribution in [1.82, 2.24) is 19.8 Å². The lowest BCUT2D eigenvalue weighted by Crippen LogP contribution is -2.48. The van der Waals surface area contributed by atoms with Gasteiger partial charge in [0.2, 0.25) is 0 Å². The fourth-order valence-electron chi connectivity index (χ4n) is 3.72. The summed E-state index contributed by atoms with van der Waals surface area (Å²) in [5, 5.41) is 3.37. The zero-order valence-corrected chi connectivity index (χ0v) is 17.3. The molecular weight excluding hydrogens is 395 g/mol. The third-order valence-corrected chi connectivity index (χ3v) is 5.31. The first kappa shape index (κ1) is 22.1. The molecule has 30 heavy (non-hydrogen) atoms. The van der Waals surface area contributed by atoms with E-state index in [4.69, 9.17) is 4.74 Å². The minimum atomic E-state index is -4.31. The van der Waals surface area contributed by atoms with Crippen LogP contribution in [0.2, 0.25) is 0 Å². The summed E-state index contributed by atoms with van der Waals surface area (Å²) in [6.45, 7) is 3.22. The normalized spacial score (nSPS) is 20.4. The summed E-state index contributed by atoms with van der Waals surface area (Å²) in [7, 11) is 1.76. The lowest BCUT2D eigenvalue weighted by atomic mass is 9.93. The second-order valence-electron chi connectivity index (χ2n) is 7.62. The molecule has 2 unspecified atom stereocenters. The zero-order chi connectivity index (χ0) is 21.6. The lowest BCUT2D eigenvalue weighted by molar-refractivity contribution is -0.176. The van der Waals surface area contributed by atoms with Crippen LogP contribution in [0.1, 0.15) is 30.5 Å². The Kier molecular flexibility index (Phi) is 7.36. The van der Waals surface area contributed by atoms with Gasteiger partial charge in [-0.1, -0.05) is 31.2 Å². The molecular formula is C21H28F3N5O. The van der Waals surface area contributed by atoms with Gasteiger partial charge < -0.3 is 19.5 Å². The Balaban J connectivity index is 1.56. The largest absolute Gasteiger partial charge is 0.411 e. The number of guanidine groups is 1. The summed E-state index contributed by atoms with van der Waals surface area (Å²) in [5.74, 6) is 1.35. The molecule has 1 aliphatic rings. The lowest BCUT2D eigenvalue weighted by Gasteiger charge is -2.39. The molecule has 164 valence electrons. The topological polar surface area (TPSA) is 54.7 Å². The average Bonchev–Trinajstić information content (AvgIpc) is 3.23. The molecule has 0 amide bonds. The molecule has 0 bridgehead atoms. The molecule has 1 fully saturated rings. The fraction of sp³-hybridized carbons (Fsp3) is 0.524. The van der Waals surface area contributed by atoms with Crippen LogP contribution in [0.4, 0.5) is 13.2 Å². The highest BCUT2D eigenvalue weighted by atomic mass is 19.4. The molecule has 2 heterocycles. The van der Waals surface area contributed by atoms with Crippen LogP contribution >= 0.6 is 0 Å². The molecule has 1 N–H and O–H groups in total. The number of aliphatic imine (C=N–C) groups is 1. The molecule has 0 radical (unpaired) electrons. The maximum Gasteiger partial charge on any atom is 0.411 e. The Morgan fingerprint density at radius 1 is 1.33 bits per heavy atom. The van der Waals surface area contributed by atoms with Crippen LogP contribution in [0.15, 0.2) is 48.0 Å². The Hall–Kier alpha value is -2.55. The van der Waals surface area contributed by atoms with Gasteiger partial charge in [0.25, 0.3) is 0 Å². The van der Waals surface area contributed by atoms with Crippen LogP contribution in [0.3, 0.4) is 0 Å². The standard InChI is InChI=1S/C21H28F3N5O/c1-16-6-8-28(12-19(16)29-9-7-26-15-29)20(25-2)27-11-17-4-3-5-18(10-17)13-30-14-21(22,23)24/h3-5,7,9-10,15-16,19H,6,8,11-14H2,1-2H3,(H,25,27). The van der Waals surface area contributed by atoms with Crippen molar-refractivity contribution in [2.45, 2.75) is 38.7 Å². The van der Waals surface area contributed by atoms with E-state index < -0.39 is 12.8 Å². The minimum absolute atomic E-state index is 0.0708. The van der Waals surface area contributed by atoms with Gasteiger partial charge in [-0.25, -0.2) is 4.98 Å². The van der Waals surface area contributed by atoms with Gasteiger partial charge >= 0.3 is 6.18 Å². The summed E-state index contributed by atoms with van der Waals surface area (Å²) in [6, 6.07) is 7.69. The van der Waals surface area contributed by atoms with E-state index in [1.54, 1.807) is 19.3 Å². The number of halogens is 3. The Labute approximate surface area is 174 Å². The number of aromatic nitrogens is 2. The molecule has 0 spiro atoms. The van der Waals surface area contributed by atoms with Crippen molar-refractivity contribution in [3.63, 3.8) is 0 Å². The first-order chi connectivity index (χ1) is 14.4. The minimum Gasteiger partial charge on any atom is -0.367 e. The number of hydrogen-bond donors (Lipinski definition) is 1. The number of alkyl halides is 3. The van der Waals surface area contributed by atoms with Crippen molar-refractivity contribution in [3.05, 3.63) is 54.1 Å². The fourth-order valence-corrected chi connectivity index (χ4v) is 3.72. The van der Waals surface area contributed by atoms with Crippen molar-refractivity contribution in [3.8, 4) is 0 Å². The highest BCUT2D eigenvalue weighted by molar-refractivity contribution is 5.80. The Morgan fingerprint density at radius 3 is 2.83 bits per heavy atom. The van der Waals surface area contributed by atoms with Gasteiger partial charge in [0.15, 0.2) is 5.96 Å². The molecule has 0 saturated carbocycles. The van der Waals surface area contributed by atoms with Crippen LogP contribution < -0.4 is 5.32 Å². The SMILES string of the molecule is CN=C(NCc1cccc(COCC(F)(F)F)c1)N1CCC(C)C(n2ccnc2)C1. The van der Waals surface area contributed by atoms with Crippen molar-refractivity contribution >= 4 is 5.96 Å². The van der Waals surface area contributed by atoms with Crippen molar-refractivity contribution in [2.75, 3.05) is 26.7 Å². The van der Waals surface area contributed by atoms with Crippen LogP contribution in [0.5, 0.6) is 0 Å². The van der Waals surface area contributed by atoms with Crippen LogP contribution in [0, 0.1) is 5.92 Å². The van der Waals surface area contributed by atoms with Gasteiger partial charge in [-0.05, 0) is 23.5 Å². The second kappa shape index (κ2) is 9.97. The molecule has 1 aromatic carbocycles. The quantitative estimate of drug-likeness (QED) is 0.570.